The summed E-state index contributed by atoms with van der Waals surface area (Å²) in [7, 11) is 0. The molecule has 0 atom stereocenters. The van der Waals surface area contributed by atoms with E-state index < -0.39 is 0 Å². The molecule has 0 aliphatic rings. The monoisotopic (exact) mass is 777 g/mol. The van der Waals surface area contributed by atoms with Gasteiger partial charge in [0.1, 0.15) is 0 Å². The third-order valence-electron chi connectivity index (χ3n) is 7.93. The van der Waals surface area contributed by atoms with Crippen LogP contribution in [0, 0.1) is 12.1 Å². The van der Waals surface area contributed by atoms with Gasteiger partial charge in [0.25, 0.3) is 0 Å². The molecule has 8 rings (SSSR count). The van der Waals surface area contributed by atoms with Crippen molar-refractivity contribution in [3.05, 3.63) is 163 Å². The van der Waals surface area contributed by atoms with Crippen molar-refractivity contribution in [2.24, 2.45) is 0 Å². The number of pyridine rings is 1. The molecule has 0 N–H and O–H groups in total. The summed E-state index contributed by atoms with van der Waals surface area (Å²) in [5, 5.41) is 6.49. The minimum absolute atomic E-state index is 0. The second kappa shape index (κ2) is 26.6. The smallest absolute Gasteiger partial charge is 0.0708 e. The maximum absolute atomic E-state index is 5.01. The van der Waals surface area contributed by atoms with E-state index in [0.717, 1.165) is 35.3 Å². The van der Waals surface area contributed by atoms with E-state index in [9.17, 15) is 0 Å². The van der Waals surface area contributed by atoms with Crippen LogP contribution in [0.15, 0.2) is 140 Å². The predicted molar refractivity (Wildman–Crippen MR) is 233 cm³/mol. The largest absolute Gasteiger partial charge is 0.334 e. The average Bonchev–Trinajstić information content (AvgIpc) is 3.58. The summed E-state index contributed by atoms with van der Waals surface area (Å²) in [4.78, 5) is 5.01. The van der Waals surface area contributed by atoms with Crippen molar-refractivity contribution in [1.29, 1.82) is 0 Å². The fourth-order valence-corrected chi connectivity index (χ4v) is 5.95. The van der Waals surface area contributed by atoms with Gasteiger partial charge in [-0.2, -0.15) is 48.5 Å². The van der Waals surface area contributed by atoms with E-state index in [1.807, 2.05) is 118 Å². The molecule has 2 heterocycles. The molecule has 0 aliphatic heterocycles. The second-order valence-electron chi connectivity index (χ2n) is 10.5. The number of rotatable bonds is 4. The van der Waals surface area contributed by atoms with Gasteiger partial charge in [0.15, 0.2) is 0 Å². The fourth-order valence-electron chi connectivity index (χ4n) is 5.95. The van der Waals surface area contributed by atoms with Crippen molar-refractivity contribution >= 4 is 43.5 Å². The van der Waals surface area contributed by atoms with Gasteiger partial charge in [-0.05, 0) is 47.0 Å². The summed E-state index contributed by atoms with van der Waals surface area (Å²) < 4.78 is 2.42. The number of benzene rings is 6. The third-order valence-corrected chi connectivity index (χ3v) is 7.93. The molecule has 2 nitrogen and oxygen atoms in total. The molecule has 0 spiro atoms. The topological polar surface area (TPSA) is 17.8 Å². The Bertz CT molecular complexity index is 2110. The van der Waals surface area contributed by atoms with Gasteiger partial charge in [-0.15, -0.1) is 12.1 Å². The Kier molecular flexibility index (Phi) is 23.6. The van der Waals surface area contributed by atoms with Crippen LogP contribution in [0.3, 0.4) is 0 Å². The molecule has 0 saturated heterocycles. The number of hydrogen-bond acceptors (Lipinski definition) is 1. The van der Waals surface area contributed by atoms with Crippen LogP contribution < -0.4 is 0 Å². The molecule has 1 radical (unpaired) electrons. The van der Waals surface area contributed by atoms with Gasteiger partial charge in [0, 0.05) is 54.4 Å². The zero-order valence-corrected chi connectivity index (χ0v) is 37.0. The normalized spacial score (nSPS) is 9.42. The maximum atomic E-state index is 5.01. The van der Waals surface area contributed by atoms with Crippen LogP contribution >= 0.6 is 0 Å². The Morgan fingerprint density at radius 1 is 0.509 bits per heavy atom. The Balaban J connectivity index is 0.000000513. The van der Waals surface area contributed by atoms with Gasteiger partial charge in [-0.25, -0.2) is 11.1 Å². The van der Waals surface area contributed by atoms with Crippen molar-refractivity contribution in [3.63, 3.8) is 0 Å². The first-order valence-corrected chi connectivity index (χ1v) is 19.5. The van der Waals surface area contributed by atoms with Crippen LogP contribution in [0.4, 0.5) is 0 Å². The number of aromatic nitrogens is 2. The van der Waals surface area contributed by atoms with E-state index in [1.165, 1.54) is 43.5 Å². The van der Waals surface area contributed by atoms with Gasteiger partial charge >= 0.3 is 0 Å². The van der Waals surface area contributed by atoms with E-state index in [4.69, 9.17) is 4.98 Å². The van der Waals surface area contributed by atoms with E-state index in [2.05, 4.69) is 115 Å². The fraction of sp³-hybridized carbons (Fsp3) is 0.260. The van der Waals surface area contributed by atoms with Crippen molar-refractivity contribution < 1.29 is 32.7 Å². The minimum Gasteiger partial charge on any atom is -0.334 e. The summed E-state index contributed by atoms with van der Waals surface area (Å²) >= 11 is 0. The van der Waals surface area contributed by atoms with Crippen LogP contribution in [-0.4, -0.2) is 9.55 Å². The Morgan fingerprint density at radius 2 is 1.02 bits per heavy atom. The quantitative estimate of drug-likeness (QED) is 0.163. The number of nitrogens with zero attached hydrogens (tertiary/aromatic N) is 2. The average molecular weight is 778 g/mol. The summed E-state index contributed by atoms with van der Waals surface area (Å²) in [6.45, 7) is 23.0. The zero-order chi connectivity index (χ0) is 38.3. The molecule has 2 aromatic heterocycles. The molecular weight excluding hydrogens is 717 g/mol. The standard InChI is InChI=1S/C28H22N2.C12H8.5C2H6.Y/c1-2-19-17-21(29-25-13-7-5-10-22(19)25)18-30-26-14-8-6-12-24(26)28-23-11-4-3-9-20(23)15-16-27(28)30;1-3-7-11(8-4-1)12-9-5-2-6-10-12;5*1-2;/h3-17H,2,18H2,1H3;1-7,9H;5*1-2H3;/q;-2;;;;;;. The first-order valence-electron chi connectivity index (χ1n) is 19.5. The van der Waals surface area contributed by atoms with Crippen molar-refractivity contribution in [1.82, 2.24) is 9.55 Å². The van der Waals surface area contributed by atoms with Crippen LogP contribution in [-0.2, 0) is 45.7 Å². The van der Waals surface area contributed by atoms with E-state index in [0.29, 0.717) is 0 Å². The molecule has 0 unspecified atom stereocenters. The number of para-hydroxylation sites is 2. The molecule has 275 valence electrons. The molecular formula is C50H60N2Y-2. The first kappa shape index (κ1) is 46.9. The molecule has 0 amide bonds. The van der Waals surface area contributed by atoms with Crippen LogP contribution in [0.2, 0.25) is 0 Å². The van der Waals surface area contributed by atoms with Gasteiger partial charge in [0.05, 0.1) is 23.3 Å². The molecule has 0 aliphatic carbocycles. The number of hydrogen-bond donors (Lipinski definition) is 0. The van der Waals surface area contributed by atoms with Gasteiger partial charge < -0.3 is 4.57 Å². The number of fused-ring (bicyclic) bond motifs is 6. The van der Waals surface area contributed by atoms with Gasteiger partial charge in [0.2, 0.25) is 0 Å². The van der Waals surface area contributed by atoms with Crippen molar-refractivity contribution in [2.45, 2.75) is 89.1 Å². The van der Waals surface area contributed by atoms with Gasteiger partial charge in [-0.1, -0.05) is 143 Å². The Labute approximate surface area is 346 Å². The molecule has 3 heteroatoms. The van der Waals surface area contributed by atoms with Crippen LogP contribution in [0.5, 0.6) is 0 Å². The van der Waals surface area contributed by atoms with E-state index >= 15 is 0 Å². The predicted octanol–water partition coefficient (Wildman–Crippen LogP) is 15.2. The molecule has 0 saturated carbocycles. The van der Waals surface area contributed by atoms with E-state index in [1.54, 1.807) is 0 Å². The molecule has 6 aromatic carbocycles. The summed E-state index contributed by atoms with van der Waals surface area (Å²) in [6, 6.07) is 54.8. The van der Waals surface area contributed by atoms with Gasteiger partial charge in [-0.3, -0.25) is 4.98 Å². The molecule has 0 fully saturated rings. The van der Waals surface area contributed by atoms with E-state index in [-0.39, 0.29) is 32.7 Å². The minimum atomic E-state index is 0. The van der Waals surface area contributed by atoms with Crippen molar-refractivity contribution in [2.75, 3.05) is 0 Å². The maximum Gasteiger partial charge on any atom is 0.0708 e. The zero-order valence-electron chi connectivity index (χ0n) is 34.2. The molecule has 0 bridgehead atoms. The van der Waals surface area contributed by atoms with Crippen molar-refractivity contribution in [3.8, 4) is 11.1 Å². The molecule has 8 aromatic rings. The Morgan fingerprint density at radius 3 is 1.58 bits per heavy atom. The summed E-state index contributed by atoms with van der Waals surface area (Å²) in [5.41, 5.74) is 8.28. The second-order valence-corrected chi connectivity index (χ2v) is 10.5. The third kappa shape index (κ3) is 11.9. The first-order chi connectivity index (χ1) is 25.8. The summed E-state index contributed by atoms with van der Waals surface area (Å²) in [6.07, 6.45) is 1.01. The number of aryl methyl sites for hydroxylation is 1. The summed E-state index contributed by atoms with van der Waals surface area (Å²) in [5.74, 6) is 0. The van der Waals surface area contributed by atoms with Crippen LogP contribution in [0.1, 0.15) is 87.4 Å². The Hall–Kier alpha value is -4.11. The molecule has 53 heavy (non-hydrogen) atoms. The van der Waals surface area contributed by atoms with Crippen LogP contribution in [0.25, 0.3) is 54.6 Å². The SMILES string of the molecule is CC.CC.CC.CC.CC.CCc1cc(Cn2c3ccccc3c3c4ccccc4ccc32)nc2ccccc12.[Y].[c-]1ccccc1-c1[c-]cccc1.